The van der Waals surface area contributed by atoms with E-state index in [-0.39, 0.29) is 18.1 Å². The molecule has 134 valence electrons. The maximum Gasteiger partial charge on any atom is 0.243 e. The van der Waals surface area contributed by atoms with E-state index in [1.807, 2.05) is 0 Å². The number of nitrogens with two attached hydrogens (primary N) is 1. The second-order valence-corrected chi connectivity index (χ2v) is 7.14. The number of halogens is 1. The number of pyridine rings is 1. The molecule has 0 saturated carbocycles. The number of carbonyl (C=O) groups excluding carboxylic acids is 1. The summed E-state index contributed by atoms with van der Waals surface area (Å²) in [5.41, 5.74) is 5.06. The molecule has 0 aliphatic rings. The number of primary amides is 1. The van der Waals surface area contributed by atoms with Gasteiger partial charge in [0.15, 0.2) is 0 Å². The van der Waals surface area contributed by atoms with Crippen LogP contribution in [-0.4, -0.2) is 31.1 Å². The molecule has 3 aromatic rings. The van der Waals surface area contributed by atoms with Gasteiger partial charge in [-0.25, -0.2) is 14.4 Å². The molecule has 0 spiro atoms. The number of nitrogens with one attached hydrogen (secondary N) is 1. The smallest absolute Gasteiger partial charge is 0.243 e. The second-order valence-electron chi connectivity index (χ2n) is 6.03. The average molecular weight is 373 g/mol. The zero-order valence-corrected chi connectivity index (χ0v) is 14.9. The molecule has 3 aromatic heterocycles. The van der Waals surface area contributed by atoms with Gasteiger partial charge in [-0.2, -0.15) is 0 Å². The SMILES string of the molecule is CC(C)(Nc1ncc(-c2ncc(CC(N)=O)s2)nn1)c1ncccc1F. The van der Waals surface area contributed by atoms with Crippen molar-refractivity contribution in [3.8, 4) is 10.7 Å². The van der Waals surface area contributed by atoms with E-state index in [0.29, 0.717) is 10.7 Å². The van der Waals surface area contributed by atoms with Crippen molar-refractivity contribution in [2.45, 2.75) is 25.8 Å². The first-order chi connectivity index (χ1) is 12.3. The van der Waals surface area contributed by atoms with Crippen LogP contribution >= 0.6 is 11.3 Å². The fourth-order valence-electron chi connectivity index (χ4n) is 2.29. The highest BCUT2D eigenvalue weighted by Crippen LogP contribution is 2.26. The van der Waals surface area contributed by atoms with Gasteiger partial charge in [0.25, 0.3) is 0 Å². The highest BCUT2D eigenvalue weighted by molar-refractivity contribution is 7.15. The second kappa shape index (κ2) is 7.08. The van der Waals surface area contributed by atoms with Gasteiger partial charge < -0.3 is 11.1 Å². The highest BCUT2D eigenvalue weighted by Gasteiger charge is 2.26. The molecule has 3 N–H and O–H groups in total. The van der Waals surface area contributed by atoms with Gasteiger partial charge in [-0.15, -0.1) is 21.5 Å². The predicted octanol–water partition coefficient (Wildman–Crippen LogP) is 1.90. The summed E-state index contributed by atoms with van der Waals surface area (Å²) in [7, 11) is 0. The Morgan fingerprint density at radius 2 is 2.08 bits per heavy atom. The minimum atomic E-state index is -0.829. The minimum Gasteiger partial charge on any atom is -0.369 e. The van der Waals surface area contributed by atoms with Crippen molar-refractivity contribution in [3.05, 3.63) is 47.1 Å². The summed E-state index contributed by atoms with van der Waals surface area (Å²) in [6.45, 7) is 3.54. The average Bonchev–Trinajstić information content (AvgIpc) is 3.03. The van der Waals surface area contributed by atoms with E-state index >= 15 is 0 Å². The molecule has 0 unspecified atom stereocenters. The van der Waals surface area contributed by atoms with Gasteiger partial charge in [-0.05, 0) is 26.0 Å². The normalized spacial score (nSPS) is 11.3. The first kappa shape index (κ1) is 17.8. The quantitative estimate of drug-likeness (QED) is 0.677. The van der Waals surface area contributed by atoms with Crippen molar-refractivity contribution in [1.29, 1.82) is 0 Å². The predicted molar refractivity (Wildman–Crippen MR) is 94.7 cm³/mol. The van der Waals surface area contributed by atoms with Gasteiger partial charge in [0, 0.05) is 17.3 Å². The number of amides is 1. The molecule has 0 fully saturated rings. The zero-order chi connectivity index (χ0) is 18.7. The third kappa shape index (κ3) is 3.97. The molecule has 10 heteroatoms. The van der Waals surface area contributed by atoms with Crippen LogP contribution in [0.1, 0.15) is 24.4 Å². The number of thiazole rings is 1. The fraction of sp³-hybridized carbons (Fsp3) is 0.250. The summed E-state index contributed by atoms with van der Waals surface area (Å²) < 4.78 is 14.0. The van der Waals surface area contributed by atoms with E-state index in [9.17, 15) is 9.18 Å². The van der Waals surface area contributed by atoms with Gasteiger partial charge in [0.2, 0.25) is 11.9 Å². The summed E-state index contributed by atoms with van der Waals surface area (Å²) in [5, 5.41) is 11.7. The Morgan fingerprint density at radius 1 is 1.27 bits per heavy atom. The van der Waals surface area contributed by atoms with Crippen LogP contribution in [0.25, 0.3) is 10.7 Å². The van der Waals surface area contributed by atoms with E-state index in [1.54, 1.807) is 20.0 Å². The van der Waals surface area contributed by atoms with Gasteiger partial charge >= 0.3 is 0 Å². The minimum absolute atomic E-state index is 0.127. The van der Waals surface area contributed by atoms with Gasteiger partial charge in [0.05, 0.1) is 18.2 Å². The first-order valence-corrected chi connectivity index (χ1v) is 8.49. The Balaban J connectivity index is 1.76. The lowest BCUT2D eigenvalue weighted by Crippen LogP contribution is -2.31. The largest absolute Gasteiger partial charge is 0.369 e. The maximum atomic E-state index is 14.0. The number of anilines is 1. The van der Waals surface area contributed by atoms with E-state index in [1.165, 1.54) is 35.9 Å². The molecule has 0 saturated heterocycles. The zero-order valence-electron chi connectivity index (χ0n) is 14.1. The standard InChI is InChI=1S/C16H16FN7OS/c1-16(2,13-10(17)4-3-5-19-13)22-15-21-8-11(23-24-15)14-20-7-9(26-14)6-12(18)25/h3-5,7-8H,6H2,1-2H3,(H2,18,25)(H,21,22,24). The number of rotatable bonds is 6. The molecule has 0 bridgehead atoms. The van der Waals surface area contributed by atoms with Crippen LogP contribution in [0.2, 0.25) is 0 Å². The molecule has 0 atom stereocenters. The Hall–Kier alpha value is -3.01. The van der Waals surface area contributed by atoms with Crippen molar-refractivity contribution in [1.82, 2.24) is 25.1 Å². The number of carbonyl (C=O) groups is 1. The number of nitrogens with zero attached hydrogens (tertiary/aromatic N) is 5. The van der Waals surface area contributed by atoms with E-state index in [4.69, 9.17) is 5.73 Å². The number of hydrogen-bond donors (Lipinski definition) is 2. The van der Waals surface area contributed by atoms with Crippen LogP contribution in [0.15, 0.2) is 30.7 Å². The molecule has 0 radical (unpaired) electrons. The third-order valence-electron chi connectivity index (χ3n) is 3.46. The molecule has 0 aromatic carbocycles. The molecule has 0 aliphatic carbocycles. The maximum absolute atomic E-state index is 14.0. The van der Waals surface area contributed by atoms with Crippen LogP contribution in [0.3, 0.4) is 0 Å². The van der Waals surface area contributed by atoms with Crippen LogP contribution in [0, 0.1) is 5.82 Å². The lowest BCUT2D eigenvalue weighted by Gasteiger charge is -2.25. The lowest BCUT2D eigenvalue weighted by atomic mass is 10.00. The van der Waals surface area contributed by atoms with E-state index in [0.717, 1.165) is 4.88 Å². The molecule has 3 heterocycles. The summed E-state index contributed by atoms with van der Waals surface area (Å²) in [6.07, 6.45) is 4.73. The van der Waals surface area contributed by atoms with Crippen LogP contribution < -0.4 is 11.1 Å². The van der Waals surface area contributed by atoms with Gasteiger partial charge in [0.1, 0.15) is 22.2 Å². The first-order valence-electron chi connectivity index (χ1n) is 7.67. The van der Waals surface area contributed by atoms with Crippen molar-refractivity contribution >= 4 is 23.2 Å². The summed E-state index contributed by atoms with van der Waals surface area (Å²) in [4.78, 5) is 24.2. The van der Waals surface area contributed by atoms with Crippen molar-refractivity contribution < 1.29 is 9.18 Å². The summed E-state index contributed by atoms with van der Waals surface area (Å²) in [5.74, 6) is -0.606. The molecule has 1 amide bonds. The number of aromatic nitrogens is 5. The van der Waals surface area contributed by atoms with Crippen molar-refractivity contribution in [2.24, 2.45) is 5.73 Å². The highest BCUT2D eigenvalue weighted by atomic mass is 32.1. The molecule has 26 heavy (non-hydrogen) atoms. The van der Waals surface area contributed by atoms with Crippen LogP contribution in [-0.2, 0) is 16.8 Å². The Labute approximate surface area is 152 Å². The van der Waals surface area contributed by atoms with Crippen LogP contribution in [0.5, 0.6) is 0 Å². The van der Waals surface area contributed by atoms with E-state index in [2.05, 4.69) is 30.5 Å². The molecule has 3 rings (SSSR count). The monoisotopic (exact) mass is 373 g/mol. The van der Waals surface area contributed by atoms with Crippen molar-refractivity contribution in [2.75, 3.05) is 5.32 Å². The third-order valence-corrected chi connectivity index (χ3v) is 4.48. The Morgan fingerprint density at radius 3 is 2.73 bits per heavy atom. The van der Waals surface area contributed by atoms with E-state index < -0.39 is 17.3 Å². The van der Waals surface area contributed by atoms with Crippen molar-refractivity contribution in [3.63, 3.8) is 0 Å². The number of hydrogen-bond acceptors (Lipinski definition) is 8. The van der Waals surface area contributed by atoms with Gasteiger partial charge in [-0.1, -0.05) is 0 Å². The lowest BCUT2D eigenvalue weighted by molar-refractivity contribution is -0.117. The van der Waals surface area contributed by atoms with Gasteiger partial charge in [-0.3, -0.25) is 9.78 Å². The summed E-state index contributed by atoms with van der Waals surface area (Å²) in [6, 6.07) is 2.88. The fourth-order valence-corrected chi connectivity index (χ4v) is 3.17. The topological polar surface area (TPSA) is 120 Å². The summed E-state index contributed by atoms with van der Waals surface area (Å²) >= 11 is 1.30. The Kier molecular flexibility index (Phi) is 4.85. The molecule has 0 aliphatic heterocycles. The molecule has 8 nitrogen and oxygen atoms in total. The Bertz CT molecular complexity index is 926. The van der Waals surface area contributed by atoms with Crippen LogP contribution in [0.4, 0.5) is 10.3 Å². The molecular formula is C16H16FN7OS. The molecular weight excluding hydrogens is 357 g/mol.